The predicted octanol–water partition coefficient (Wildman–Crippen LogP) is 10.6. The summed E-state index contributed by atoms with van der Waals surface area (Å²) in [6, 6.07) is 54.0. The number of nitrogens with zero attached hydrogens (tertiary/aromatic N) is 4. The lowest BCUT2D eigenvalue weighted by Crippen LogP contribution is -1.98. The Balaban J connectivity index is 1.28. The third-order valence-electron chi connectivity index (χ3n) is 9.35. The van der Waals surface area contributed by atoms with Gasteiger partial charge < -0.3 is 4.57 Å². The van der Waals surface area contributed by atoms with Crippen molar-refractivity contribution in [1.29, 1.82) is 0 Å². The van der Waals surface area contributed by atoms with Crippen LogP contribution in [-0.2, 0) is 0 Å². The maximum atomic E-state index is 5.23. The first kappa shape index (κ1) is 25.1. The van der Waals surface area contributed by atoms with E-state index >= 15 is 0 Å². The summed E-state index contributed by atoms with van der Waals surface area (Å²) in [6.07, 6.45) is 1.86. The van der Waals surface area contributed by atoms with Crippen molar-refractivity contribution < 1.29 is 0 Å². The van der Waals surface area contributed by atoms with Gasteiger partial charge in [0.15, 0.2) is 0 Å². The highest BCUT2D eigenvalue weighted by atomic mass is 15.1. The van der Waals surface area contributed by atoms with Crippen LogP contribution in [0.25, 0.3) is 88.0 Å². The van der Waals surface area contributed by atoms with Gasteiger partial charge in [-0.25, -0.2) is 9.97 Å². The van der Waals surface area contributed by atoms with E-state index in [-0.39, 0.29) is 0 Å². The van der Waals surface area contributed by atoms with E-state index in [1.165, 1.54) is 37.8 Å². The van der Waals surface area contributed by atoms with E-state index in [0.717, 1.165) is 50.2 Å². The van der Waals surface area contributed by atoms with Crippen molar-refractivity contribution in [2.45, 2.75) is 0 Å². The quantitative estimate of drug-likeness (QED) is 0.193. The number of pyridine rings is 2. The molecule has 0 fully saturated rings. The topological polar surface area (TPSA) is 35.6 Å². The number of para-hydroxylation sites is 3. The number of fused-ring (bicyclic) bond motifs is 9. The summed E-state index contributed by atoms with van der Waals surface area (Å²) in [5.41, 5.74) is 8.80. The van der Waals surface area contributed by atoms with Crippen molar-refractivity contribution in [2.24, 2.45) is 0 Å². The van der Waals surface area contributed by atoms with Gasteiger partial charge in [-0.05, 0) is 53.9 Å². The SMILES string of the molecule is c1ccc(-n2c3ccccc3c3ccc(-n4c5ccccc5c5ccc(-c6nc7ccccc7c7ccccc67)cc54)cc32)nc1. The average molecular weight is 587 g/mol. The minimum absolute atomic E-state index is 0.907. The minimum Gasteiger partial charge on any atom is -0.309 e. The van der Waals surface area contributed by atoms with Crippen molar-refractivity contribution >= 4 is 65.3 Å². The highest BCUT2D eigenvalue weighted by molar-refractivity contribution is 6.14. The largest absolute Gasteiger partial charge is 0.309 e. The third-order valence-corrected chi connectivity index (χ3v) is 9.35. The summed E-state index contributed by atoms with van der Waals surface area (Å²) < 4.78 is 4.68. The van der Waals surface area contributed by atoms with E-state index < -0.39 is 0 Å². The molecule has 0 atom stereocenters. The zero-order valence-electron chi connectivity index (χ0n) is 24.8. The molecule has 0 aliphatic heterocycles. The van der Waals surface area contributed by atoms with Crippen molar-refractivity contribution in [3.63, 3.8) is 0 Å². The summed E-state index contributed by atoms with van der Waals surface area (Å²) >= 11 is 0. The molecule has 0 radical (unpaired) electrons. The molecular formula is C42H26N4. The molecule has 0 saturated carbocycles. The second kappa shape index (κ2) is 9.62. The van der Waals surface area contributed by atoms with Crippen LogP contribution in [0, 0.1) is 0 Å². The monoisotopic (exact) mass is 586 g/mol. The normalized spacial score (nSPS) is 11.9. The molecule has 4 aromatic heterocycles. The minimum atomic E-state index is 0.907. The molecule has 0 unspecified atom stereocenters. The molecule has 10 aromatic rings. The number of benzene rings is 6. The Hall–Kier alpha value is -6.26. The molecule has 0 spiro atoms. The van der Waals surface area contributed by atoms with Crippen LogP contribution in [0.5, 0.6) is 0 Å². The zero-order chi connectivity index (χ0) is 30.2. The molecule has 4 nitrogen and oxygen atoms in total. The molecule has 0 bridgehead atoms. The van der Waals surface area contributed by atoms with Crippen LogP contribution in [0.1, 0.15) is 0 Å². The second-order valence-corrected chi connectivity index (χ2v) is 11.8. The van der Waals surface area contributed by atoms with Crippen molar-refractivity contribution in [3.05, 3.63) is 158 Å². The Labute approximate surface area is 264 Å². The van der Waals surface area contributed by atoms with Crippen LogP contribution < -0.4 is 0 Å². The molecule has 0 aliphatic rings. The fraction of sp³-hybridized carbons (Fsp3) is 0. The van der Waals surface area contributed by atoms with Gasteiger partial charge >= 0.3 is 0 Å². The van der Waals surface area contributed by atoms with Gasteiger partial charge in [-0.3, -0.25) is 4.57 Å². The van der Waals surface area contributed by atoms with Crippen LogP contribution in [0.4, 0.5) is 0 Å². The Morgan fingerprint density at radius 1 is 0.391 bits per heavy atom. The van der Waals surface area contributed by atoms with Crippen molar-refractivity contribution in [2.75, 3.05) is 0 Å². The van der Waals surface area contributed by atoms with Crippen molar-refractivity contribution in [1.82, 2.24) is 19.1 Å². The standard InChI is InChI=1S/C42H26N4/c1-2-15-35-29(11-1)30-12-3-6-16-36(30)44-42(35)27-20-22-33-31-13-4-7-17-37(31)45(39(33)25-27)28-21-23-34-32-14-5-8-18-38(32)46(40(34)26-28)41-19-9-10-24-43-41/h1-26H. The van der Waals surface area contributed by atoms with Crippen LogP contribution in [0.2, 0.25) is 0 Å². The molecule has 4 heterocycles. The summed E-state index contributed by atoms with van der Waals surface area (Å²) in [5, 5.41) is 8.42. The van der Waals surface area contributed by atoms with Gasteiger partial charge in [-0.1, -0.05) is 103 Å². The van der Waals surface area contributed by atoms with Gasteiger partial charge in [0.1, 0.15) is 5.82 Å². The van der Waals surface area contributed by atoms with Gasteiger partial charge in [-0.2, -0.15) is 0 Å². The molecule has 214 valence electrons. The first-order valence-corrected chi connectivity index (χ1v) is 15.6. The fourth-order valence-corrected chi connectivity index (χ4v) is 7.35. The number of rotatable bonds is 3. The number of aromatic nitrogens is 4. The van der Waals surface area contributed by atoms with Crippen LogP contribution >= 0.6 is 0 Å². The van der Waals surface area contributed by atoms with Gasteiger partial charge in [0, 0.05) is 49.8 Å². The Bertz CT molecular complexity index is 2810. The average Bonchev–Trinajstić information content (AvgIpc) is 3.63. The lowest BCUT2D eigenvalue weighted by Gasteiger charge is -2.12. The maximum absolute atomic E-state index is 5.23. The molecule has 0 saturated heterocycles. The van der Waals surface area contributed by atoms with Gasteiger partial charge in [0.2, 0.25) is 0 Å². The Kier molecular flexibility index (Phi) is 5.25. The Morgan fingerprint density at radius 2 is 0.978 bits per heavy atom. The molecule has 6 aromatic carbocycles. The van der Waals surface area contributed by atoms with Crippen LogP contribution in [0.3, 0.4) is 0 Å². The molecule has 10 rings (SSSR count). The third kappa shape index (κ3) is 3.55. The first-order chi connectivity index (χ1) is 22.8. The maximum Gasteiger partial charge on any atom is 0.137 e. The lowest BCUT2D eigenvalue weighted by atomic mass is 9.99. The zero-order valence-corrected chi connectivity index (χ0v) is 24.8. The highest BCUT2D eigenvalue weighted by Gasteiger charge is 2.18. The van der Waals surface area contributed by atoms with E-state index in [4.69, 9.17) is 9.97 Å². The summed E-state index contributed by atoms with van der Waals surface area (Å²) in [6.45, 7) is 0. The van der Waals surface area contributed by atoms with Gasteiger partial charge in [-0.15, -0.1) is 0 Å². The summed E-state index contributed by atoms with van der Waals surface area (Å²) in [7, 11) is 0. The van der Waals surface area contributed by atoms with E-state index in [1.807, 2.05) is 18.3 Å². The number of hydrogen-bond donors (Lipinski definition) is 0. The summed E-state index contributed by atoms with van der Waals surface area (Å²) in [4.78, 5) is 9.98. The van der Waals surface area contributed by atoms with Gasteiger partial charge in [0.25, 0.3) is 0 Å². The molecule has 0 amide bonds. The van der Waals surface area contributed by atoms with E-state index in [2.05, 4.69) is 149 Å². The smallest absolute Gasteiger partial charge is 0.137 e. The molecule has 46 heavy (non-hydrogen) atoms. The number of hydrogen-bond acceptors (Lipinski definition) is 2. The van der Waals surface area contributed by atoms with E-state index in [9.17, 15) is 0 Å². The lowest BCUT2D eigenvalue weighted by molar-refractivity contribution is 1.08. The predicted molar refractivity (Wildman–Crippen MR) is 191 cm³/mol. The highest BCUT2D eigenvalue weighted by Crippen LogP contribution is 2.39. The molecular weight excluding hydrogens is 560 g/mol. The fourth-order valence-electron chi connectivity index (χ4n) is 7.35. The van der Waals surface area contributed by atoms with Crippen LogP contribution in [0.15, 0.2) is 158 Å². The Morgan fingerprint density at radius 3 is 1.74 bits per heavy atom. The molecule has 0 N–H and O–H groups in total. The van der Waals surface area contributed by atoms with E-state index in [1.54, 1.807) is 0 Å². The van der Waals surface area contributed by atoms with Gasteiger partial charge in [0.05, 0.1) is 33.3 Å². The van der Waals surface area contributed by atoms with E-state index in [0.29, 0.717) is 0 Å². The molecule has 4 heteroatoms. The summed E-state index contributed by atoms with van der Waals surface area (Å²) in [5.74, 6) is 0.907. The first-order valence-electron chi connectivity index (χ1n) is 15.6. The second-order valence-electron chi connectivity index (χ2n) is 11.8. The van der Waals surface area contributed by atoms with Crippen molar-refractivity contribution in [3.8, 4) is 22.8 Å². The van der Waals surface area contributed by atoms with Crippen LogP contribution in [-0.4, -0.2) is 19.1 Å². The molecule has 0 aliphatic carbocycles.